The fraction of sp³-hybridized carbons (Fsp3) is 0.923. The Morgan fingerprint density at radius 1 is 1.21 bits per heavy atom. The molecular formula is C13H21N. The summed E-state index contributed by atoms with van der Waals surface area (Å²) < 4.78 is 0. The smallest absolute Gasteiger partial charge is 0.0689 e. The standard InChI is InChI=1S/C13H21N/c1-10-7-11-5-3-4-6-12(11)8-13(10,2)9-14/h10-12H,3-8H2,1-2H3. The molecule has 0 spiro atoms. The normalized spacial score (nSPS) is 47.9. The molecule has 0 bridgehead atoms. The zero-order valence-electron chi connectivity index (χ0n) is 9.42. The number of nitriles is 1. The van der Waals surface area contributed by atoms with Gasteiger partial charge in [-0.05, 0) is 37.5 Å². The van der Waals surface area contributed by atoms with Gasteiger partial charge < -0.3 is 0 Å². The van der Waals surface area contributed by atoms with E-state index in [1.807, 2.05) is 0 Å². The van der Waals surface area contributed by atoms with Gasteiger partial charge in [-0.25, -0.2) is 0 Å². The number of rotatable bonds is 0. The summed E-state index contributed by atoms with van der Waals surface area (Å²) in [5.74, 6) is 2.41. The van der Waals surface area contributed by atoms with E-state index in [2.05, 4.69) is 19.9 Å². The van der Waals surface area contributed by atoms with Crippen LogP contribution in [0.1, 0.15) is 52.4 Å². The van der Waals surface area contributed by atoms with Gasteiger partial charge in [0.25, 0.3) is 0 Å². The maximum Gasteiger partial charge on any atom is 0.0689 e. The van der Waals surface area contributed by atoms with Crippen LogP contribution in [0, 0.1) is 34.5 Å². The van der Waals surface area contributed by atoms with Gasteiger partial charge >= 0.3 is 0 Å². The van der Waals surface area contributed by atoms with E-state index in [4.69, 9.17) is 0 Å². The van der Waals surface area contributed by atoms with Gasteiger partial charge in [0.2, 0.25) is 0 Å². The number of fused-ring (bicyclic) bond motifs is 1. The van der Waals surface area contributed by atoms with Gasteiger partial charge in [0, 0.05) is 0 Å². The SMILES string of the molecule is CC1CC2CCCCC2CC1(C)C#N. The third kappa shape index (κ3) is 1.56. The van der Waals surface area contributed by atoms with Crippen LogP contribution in [-0.2, 0) is 0 Å². The summed E-state index contributed by atoms with van der Waals surface area (Å²) in [6.45, 7) is 4.44. The van der Waals surface area contributed by atoms with Crippen molar-refractivity contribution in [1.82, 2.24) is 0 Å². The molecule has 2 aliphatic rings. The molecule has 0 aromatic rings. The van der Waals surface area contributed by atoms with Crippen LogP contribution in [0.25, 0.3) is 0 Å². The van der Waals surface area contributed by atoms with E-state index in [-0.39, 0.29) is 5.41 Å². The number of nitrogens with zero attached hydrogens (tertiary/aromatic N) is 1. The molecule has 0 saturated heterocycles. The van der Waals surface area contributed by atoms with Gasteiger partial charge in [0.15, 0.2) is 0 Å². The fourth-order valence-corrected chi connectivity index (χ4v) is 3.48. The molecule has 0 aliphatic heterocycles. The Labute approximate surface area is 87.5 Å². The van der Waals surface area contributed by atoms with Gasteiger partial charge in [0.05, 0.1) is 11.5 Å². The van der Waals surface area contributed by atoms with E-state index < -0.39 is 0 Å². The quantitative estimate of drug-likeness (QED) is 0.572. The highest BCUT2D eigenvalue weighted by Crippen LogP contribution is 2.50. The van der Waals surface area contributed by atoms with Crippen LogP contribution >= 0.6 is 0 Å². The number of hydrogen-bond donors (Lipinski definition) is 0. The summed E-state index contributed by atoms with van der Waals surface area (Å²) in [5, 5.41) is 9.26. The van der Waals surface area contributed by atoms with Gasteiger partial charge in [0.1, 0.15) is 0 Å². The van der Waals surface area contributed by atoms with Crippen LogP contribution in [0.4, 0.5) is 0 Å². The molecule has 1 nitrogen and oxygen atoms in total. The first-order valence-corrected chi connectivity index (χ1v) is 6.07. The van der Waals surface area contributed by atoms with Crippen molar-refractivity contribution in [1.29, 1.82) is 5.26 Å². The molecular weight excluding hydrogens is 170 g/mol. The summed E-state index contributed by atoms with van der Waals surface area (Å²) >= 11 is 0. The zero-order chi connectivity index (χ0) is 10.2. The molecule has 0 radical (unpaired) electrons. The van der Waals surface area contributed by atoms with Crippen LogP contribution in [0.3, 0.4) is 0 Å². The lowest BCUT2D eigenvalue weighted by Crippen LogP contribution is -2.38. The lowest BCUT2D eigenvalue weighted by Gasteiger charge is -2.45. The van der Waals surface area contributed by atoms with E-state index >= 15 is 0 Å². The topological polar surface area (TPSA) is 23.8 Å². The van der Waals surface area contributed by atoms with E-state index in [1.165, 1.54) is 32.1 Å². The molecule has 0 aromatic heterocycles. The van der Waals surface area contributed by atoms with E-state index in [9.17, 15) is 5.26 Å². The average molecular weight is 191 g/mol. The molecule has 4 unspecified atom stereocenters. The third-order valence-electron chi connectivity index (χ3n) is 4.75. The molecule has 2 saturated carbocycles. The second kappa shape index (κ2) is 3.57. The van der Waals surface area contributed by atoms with Crippen LogP contribution < -0.4 is 0 Å². The molecule has 2 rings (SSSR count). The van der Waals surface area contributed by atoms with Crippen molar-refractivity contribution in [2.75, 3.05) is 0 Å². The Morgan fingerprint density at radius 3 is 2.50 bits per heavy atom. The molecule has 14 heavy (non-hydrogen) atoms. The highest BCUT2D eigenvalue weighted by atomic mass is 14.5. The molecule has 2 fully saturated rings. The predicted molar refractivity (Wildman–Crippen MR) is 57.6 cm³/mol. The summed E-state index contributed by atoms with van der Waals surface area (Å²) in [5.41, 5.74) is -0.0293. The van der Waals surface area contributed by atoms with Crippen LogP contribution in [0.2, 0.25) is 0 Å². The highest BCUT2D eigenvalue weighted by Gasteiger charge is 2.43. The van der Waals surface area contributed by atoms with Gasteiger partial charge in [-0.2, -0.15) is 5.26 Å². The van der Waals surface area contributed by atoms with E-state index in [0.717, 1.165) is 18.3 Å². The lowest BCUT2D eigenvalue weighted by molar-refractivity contribution is 0.0560. The highest BCUT2D eigenvalue weighted by molar-refractivity contribution is 5.04. The second-order valence-electron chi connectivity index (χ2n) is 5.67. The molecule has 78 valence electrons. The van der Waals surface area contributed by atoms with Crippen molar-refractivity contribution in [2.45, 2.75) is 52.4 Å². The molecule has 1 heteroatoms. The molecule has 0 aromatic carbocycles. The van der Waals surface area contributed by atoms with Gasteiger partial charge in [-0.3, -0.25) is 0 Å². The first-order valence-electron chi connectivity index (χ1n) is 6.07. The molecule has 2 aliphatic carbocycles. The second-order valence-corrected chi connectivity index (χ2v) is 5.67. The van der Waals surface area contributed by atoms with E-state index in [1.54, 1.807) is 0 Å². The summed E-state index contributed by atoms with van der Waals surface area (Å²) in [6, 6.07) is 2.56. The van der Waals surface area contributed by atoms with Crippen molar-refractivity contribution in [3.63, 3.8) is 0 Å². The zero-order valence-corrected chi connectivity index (χ0v) is 9.42. The first kappa shape index (κ1) is 10.0. The Hall–Kier alpha value is -0.510. The maximum atomic E-state index is 9.26. The minimum absolute atomic E-state index is 0.0293. The summed E-state index contributed by atoms with van der Waals surface area (Å²) in [4.78, 5) is 0. The Bertz CT molecular complexity index is 252. The van der Waals surface area contributed by atoms with Crippen molar-refractivity contribution >= 4 is 0 Å². The van der Waals surface area contributed by atoms with Crippen LogP contribution in [0.5, 0.6) is 0 Å². The van der Waals surface area contributed by atoms with Crippen molar-refractivity contribution < 1.29 is 0 Å². The third-order valence-corrected chi connectivity index (χ3v) is 4.75. The van der Waals surface area contributed by atoms with E-state index in [0.29, 0.717) is 5.92 Å². The first-order chi connectivity index (χ1) is 6.65. The Kier molecular flexibility index (Phi) is 2.56. The Morgan fingerprint density at radius 2 is 1.86 bits per heavy atom. The lowest BCUT2D eigenvalue weighted by atomic mass is 9.58. The average Bonchev–Trinajstić information content (AvgIpc) is 2.20. The van der Waals surface area contributed by atoms with Gasteiger partial charge in [-0.1, -0.05) is 32.6 Å². The molecule has 0 amide bonds. The predicted octanol–water partition coefficient (Wildman–Crippen LogP) is 3.75. The summed E-state index contributed by atoms with van der Waals surface area (Å²) in [6.07, 6.45) is 8.10. The van der Waals surface area contributed by atoms with Crippen LogP contribution in [0.15, 0.2) is 0 Å². The van der Waals surface area contributed by atoms with Crippen molar-refractivity contribution in [2.24, 2.45) is 23.2 Å². The summed E-state index contributed by atoms with van der Waals surface area (Å²) in [7, 11) is 0. The molecule has 0 heterocycles. The maximum absolute atomic E-state index is 9.26. The monoisotopic (exact) mass is 191 g/mol. The minimum atomic E-state index is -0.0293. The fourth-order valence-electron chi connectivity index (χ4n) is 3.48. The molecule has 0 N–H and O–H groups in total. The van der Waals surface area contributed by atoms with Crippen molar-refractivity contribution in [3.05, 3.63) is 0 Å². The van der Waals surface area contributed by atoms with Crippen molar-refractivity contribution in [3.8, 4) is 6.07 Å². The van der Waals surface area contributed by atoms with Crippen LogP contribution in [-0.4, -0.2) is 0 Å². The van der Waals surface area contributed by atoms with Gasteiger partial charge in [-0.15, -0.1) is 0 Å². The minimum Gasteiger partial charge on any atom is -0.198 e. The molecule has 4 atom stereocenters. The Balaban J connectivity index is 2.11. The largest absolute Gasteiger partial charge is 0.198 e. The number of hydrogen-bond acceptors (Lipinski definition) is 1.